The molecule has 2 rings (SSSR count). The van der Waals surface area contributed by atoms with Gasteiger partial charge in [-0.2, -0.15) is 0 Å². The zero-order valence-electron chi connectivity index (χ0n) is 15.0. The first-order chi connectivity index (χ1) is 11.6. The first-order valence-electron chi connectivity index (χ1n) is 9.08. The molecule has 0 spiro atoms. The number of nitrogens with zero attached hydrogens (tertiary/aromatic N) is 3. The number of likely N-dealkylation sites (tertiary alicyclic amines) is 2. The summed E-state index contributed by atoms with van der Waals surface area (Å²) in [6.45, 7) is 3.82. The molecule has 2 aliphatic heterocycles. The lowest BCUT2D eigenvalue weighted by Crippen LogP contribution is -2.49. The van der Waals surface area contributed by atoms with Crippen LogP contribution in [0.4, 0.5) is 0 Å². The summed E-state index contributed by atoms with van der Waals surface area (Å²) in [4.78, 5) is 32.2. The first-order valence-corrected chi connectivity index (χ1v) is 9.08. The maximum Gasteiger partial charge on any atom is 0.241 e. The predicted molar refractivity (Wildman–Crippen MR) is 94.8 cm³/mol. The van der Waals surface area contributed by atoms with Crippen molar-refractivity contribution in [2.45, 2.75) is 38.5 Å². The number of carbonyl (C=O) groups excluding carboxylic acids is 2. The number of carbonyl (C=O) groups is 2. The second-order valence-corrected chi connectivity index (χ2v) is 6.65. The van der Waals surface area contributed by atoms with Gasteiger partial charge in [-0.05, 0) is 38.0 Å². The number of nitrogens with one attached hydrogen (secondary N) is 2. The zero-order chi connectivity index (χ0) is 17.4. The Bertz CT molecular complexity index is 452. The van der Waals surface area contributed by atoms with Gasteiger partial charge in [-0.15, -0.1) is 0 Å². The van der Waals surface area contributed by atoms with E-state index in [-0.39, 0.29) is 11.8 Å². The highest BCUT2D eigenvalue weighted by atomic mass is 16.2. The normalized spacial score (nSPS) is 20.0. The van der Waals surface area contributed by atoms with Crippen LogP contribution in [0.3, 0.4) is 0 Å². The zero-order valence-corrected chi connectivity index (χ0v) is 15.0. The van der Waals surface area contributed by atoms with Crippen molar-refractivity contribution < 1.29 is 9.59 Å². The molecule has 2 N–H and O–H groups in total. The Balaban J connectivity index is 1.74. The molecule has 2 amide bonds. The summed E-state index contributed by atoms with van der Waals surface area (Å²) >= 11 is 0. The van der Waals surface area contributed by atoms with Gasteiger partial charge in [0, 0.05) is 46.7 Å². The highest BCUT2D eigenvalue weighted by Gasteiger charge is 2.24. The van der Waals surface area contributed by atoms with E-state index in [1.165, 1.54) is 6.42 Å². The second kappa shape index (κ2) is 9.49. The van der Waals surface area contributed by atoms with Crippen LogP contribution in [0.25, 0.3) is 0 Å². The molecule has 0 unspecified atom stereocenters. The van der Waals surface area contributed by atoms with Crippen LogP contribution in [0.1, 0.15) is 38.5 Å². The molecule has 0 saturated carbocycles. The molecule has 2 heterocycles. The summed E-state index contributed by atoms with van der Waals surface area (Å²) in [6, 6.07) is 0. The summed E-state index contributed by atoms with van der Waals surface area (Å²) in [6.07, 6.45) is 6.01. The molecule has 0 aliphatic carbocycles. The number of piperidine rings is 2. The third kappa shape index (κ3) is 5.39. The van der Waals surface area contributed by atoms with Gasteiger partial charge in [0.15, 0.2) is 5.96 Å². The largest absolute Gasteiger partial charge is 0.359 e. The van der Waals surface area contributed by atoms with Gasteiger partial charge in [-0.25, -0.2) is 0 Å². The number of hydrogen-bond donors (Lipinski definition) is 2. The number of aliphatic imine (C=N–C) groups is 1. The van der Waals surface area contributed by atoms with Crippen LogP contribution in [0.5, 0.6) is 0 Å². The minimum absolute atomic E-state index is 0.114. The number of guanidine groups is 1. The van der Waals surface area contributed by atoms with Crippen molar-refractivity contribution in [1.29, 1.82) is 0 Å². The molecular weight excluding hydrogens is 306 g/mol. The summed E-state index contributed by atoms with van der Waals surface area (Å²) < 4.78 is 0. The SMILES string of the molecule is CN=C(NCC(=O)N1CCCCC1)N1CCC(CC(=O)NC)CC1. The second-order valence-electron chi connectivity index (χ2n) is 6.65. The van der Waals surface area contributed by atoms with Crippen molar-refractivity contribution in [3.8, 4) is 0 Å². The molecule has 0 bridgehead atoms. The average Bonchev–Trinajstić information content (AvgIpc) is 2.63. The molecule has 2 saturated heterocycles. The fraction of sp³-hybridized carbons (Fsp3) is 0.824. The van der Waals surface area contributed by atoms with E-state index in [2.05, 4.69) is 20.5 Å². The van der Waals surface area contributed by atoms with Gasteiger partial charge in [-0.3, -0.25) is 14.6 Å². The van der Waals surface area contributed by atoms with Gasteiger partial charge in [-0.1, -0.05) is 0 Å². The standard InChI is InChI=1S/C17H31N5O2/c1-18-15(23)12-14-6-10-22(11-7-14)17(19-2)20-13-16(24)21-8-4-3-5-9-21/h14H,3-13H2,1-2H3,(H,18,23)(H,19,20). The van der Waals surface area contributed by atoms with E-state index in [1.807, 2.05) is 4.90 Å². The molecule has 2 fully saturated rings. The van der Waals surface area contributed by atoms with E-state index in [4.69, 9.17) is 0 Å². The Labute approximate surface area is 144 Å². The molecule has 7 heteroatoms. The van der Waals surface area contributed by atoms with Crippen LogP contribution in [-0.2, 0) is 9.59 Å². The van der Waals surface area contributed by atoms with Crippen LogP contribution >= 0.6 is 0 Å². The summed E-state index contributed by atoms with van der Waals surface area (Å²) in [5.74, 6) is 1.50. The molecule has 0 radical (unpaired) electrons. The molecule has 0 aromatic carbocycles. The molecule has 0 atom stereocenters. The van der Waals surface area contributed by atoms with Crippen LogP contribution in [0.2, 0.25) is 0 Å². The van der Waals surface area contributed by atoms with E-state index in [0.717, 1.165) is 57.8 Å². The minimum Gasteiger partial charge on any atom is -0.359 e. The lowest BCUT2D eigenvalue weighted by atomic mass is 9.93. The van der Waals surface area contributed by atoms with Gasteiger partial charge < -0.3 is 20.4 Å². The Hall–Kier alpha value is -1.79. The number of hydrogen-bond acceptors (Lipinski definition) is 3. The lowest BCUT2D eigenvalue weighted by Gasteiger charge is -2.34. The monoisotopic (exact) mass is 337 g/mol. The van der Waals surface area contributed by atoms with Crippen molar-refractivity contribution in [2.75, 3.05) is 46.8 Å². The fourth-order valence-corrected chi connectivity index (χ4v) is 3.46. The molecular formula is C17H31N5O2. The highest BCUT2D eigenvalue weighted by molar-refractivity contribution is 5.86. The average molecular weight is 337 g/mol. The third-order valence-corrected chi connectivity index (χ3v) is 4.99. The topological polar surface area (TPSA) is 77.0 Å². The van der Waals surface area contributed by atoms with E-state index in [9.17, 15) is 9.59 Å². The molecule has 24 heavy (non-hydrogen) atoms. The van der Waals surface area contributed by atoms with E-state index in [0.29, 0.717) is 18.9 Å². The smallest absolute Gasteiger partial charge is 0.241 e. The lowest BCUT2D eigenvalue weighted by molar-refractivity contribution is -0.130. The minimum atomic E-state index is 0.114. The van der Waals surface area contributed by atoms with Crippen molar-refractivity contribution in [3.05, 3.63) is 0 Å². The predicted octanol–water partition coefficient (Wildman–Crippen LogP) is 0.422. The summed E-state index contributed by atoms with van der Waals surface area (Å²) in [5, 5.41) is 5.90. The first kappa shape index (κ1) is 18.5. The highest BCUT2D eigenvalue weighted by Crippen LogP contribution is 2.20. The molecule has 2 aliphatic rings. The Morgan fingerprint density at radius 1 is 1.04 bits per heavy atom. The van der Waals surface area contributed by atoms with E-state index in [1.54, 1.807) is 14.1 Å². The van der Waals surface area contributed by atoms with Gasteiger partial charge in [0.1, 0.15) is 0 Å². The Morgan fingerprint density at radius 3 is 2.29 bits per heavy atom. The molecule has 136 valence electrons. The van der Waals surface area contributed by atoms with Gasteiger partial charge in [0.25, 0.3) is 0 Å². The maximum atomic E-state index is 12.3. The number of rotatable bonds is 4. The maximum absolute atomic E-state index is 12.3. The fourth-order valence-electron chi connectivity index (χ4n) is 3.46. The third-order valence-electron chi connectivity index (χ3n) is 4.99. The quantitative estimate of drug-likeness (QED) is 0.576. The van der Waals surface area contributed by atoms with Crippen LogP contribution < -0.4 is 10.6 Å². The van der Waals surface area contributed by atoms with Gasteiger partial charge in [0.05, 0.1) is 6.54 Å². The molecule has 7 nitrogen and oxygen atoms in total. The van der Waals surface area contributed by atoms with Gasteiger partial charge >= 0.3 is 0 Å². The van der Waals surface area contributed by atoms with Crippen molar-refractivity contribution >= 4 is 17.8 Å². The van der Waals surface area contributed by atoms with Crippen LogP contribution in [0, 0.1) is 5.92 Å². The van der Waals surface area contributed by atoms with E-state index < -0.39 is 0 Å². The number of amides is 2. The molecule has 0 aromatic rings. The summed E-state index contributed by atoms with van der Waals surface area (Å²) in [5.41, 5.74) is 0. The van der Waals surface area contributed by atoms with E-state index >= 15 is 0 Å². The van der Waals surface area contributed by atoms with Gasteiger partial charge in [0.2, 0.25) is 11.8 Å². The Morgan fingerprint density at radius 2 is 1.71 bits per heavy atom. The van der Waals surface area contributed by atoms with Crippen molar-refractivity contribution in [1.82, 2.24) is 20.4 Å². The molecule has 0 aromatic heterocycles. The van der Waals surface area contributed by atoms with Crippen LogP contribution in [0.15, 0.2) is 4.99 Å². The summed E-state index contributed by atoms with van der Waals surface area (Å²) in [7, 11) is 3.44. The Kier molecular flexibility index (Phi) is 7.34. The van der Waals surface area contributed by atoms with Crippen molar-refractivity contribution in [3.63, 3.8) is 0 Å². The van der Waals surface area contributed by atoms with Crippen LogP contribution in [-0.4, -0.2) is 74.4 Å². The van der Waals surface area contributed by atoms with Crippen molar-refractivity contribution in [2.24, 2.45) is 10.9 Å².